The van der Waals surface area contributed by atoms with Crippen molar-refractivity contribution in [1.29, 1.82) is 0 Å². The lowest BCUT2D eigenvalue weighted by Crippen LogP contribution is -2.36. The van der Waals surface area contributed by atoms with Crippen LogP contribution in [0.15, 0.2) is 47.5 Å². The van der Waals surface area contributed by atoms with E-state index in [0.29, 0.717) is 19.7 Å². The van der Waals surface area contributed by atoms with Gasteiger partial charge >= 0.3 is 6.03 Å². The summed E-state index contributed by atoms with van der Waals surface area (Å²) < 4.78 is 5.78. The number of amides is 2. The summed E-state index contributed by atoms with van der Waals surface area (Å²) >= 11 is 0. The molecule has 7 heteroatoms. The quantitative estimate of drug-likeness (QED) is 0.426. The minimum Gasteiger partial charge on any atom is -0.494 e. The molecule has 0 atom stereocenters. The summed E-state index contributed by atoms with van der Waals surface area (Å²) in [6.07, 6.45) is 2.16. The molecule has 0 saturated carbocycles. The highest BCUT2D eigenvalue weighted by Crippen LogP contribution is 2.20. The normalized spacial score (nSPS) is 13.7. The zero-order valence-corrected chi connectivity index (χ0v) is 19.4. The first-order valence-electron chi connectivity index (χ1n) is 11.5. The monoisotopic (exact) mass is 437 g/mol. The molecule has 0 unspecified atom stereocenters. The maximum absolute atomic E-state index is 12.3. The summed E-state index contributed by atoms with van der Waals surface area (Å²) in [6, 6.07) is 14.1. The number of carbonyl (C=O) groups is 1. The molecule has 3 N–H and O–H groups in total. The summed E-state index contributed by atoms with van der Waals surface area (Å²) in [6.45, 7) is 10.3. The summed E-state index contributed by atoms with van der Waals surface area (Å²) in [7, 11) is 0. The Labute approximate surface area is 191 Å². The molecule has 2 aromatic carbocycles. The first-order valence-corrected chi connectivity index (χ1v) is 11.5. The van der Waals surface area contributed by atoms with E-state index in [1.54, 1.807) is 0 Å². The van der Waals surface area contributed by atoms with Crippen molar-refractivity contribution >= 4 is 17.7 Å². The molecule has 1 saturated heterocycles. The Hall–Kier alpha value is -3.22. The van der Waals surface area contributed by atoms with Gasteiger partial charge in [0.25, 0.3) is 0 Å². The third kappa shape index (κ3) is 6.90. The summed E-state index contributed by atoms with van der Waals surface area (Å²) in [5.74, 6) is 1.64. The Morgan fingerprint density at radius 3 is 2.66 bits per heavy atom. The molecule has 0 radical (unpaired) electrons. The maximum Gasteiger partial charge on any atom is 0.321 e. The lowest BCUT2D eigenvalue weighted by Gasteiger charge is -2.16. The van der Waals surface area contributed by atoms with Gasteiger partial charge in [0.2, 0.25) is 0 Å². The highest BCUT2D eigenvalue weighted by atomic mass is 16.5. The van der Waals surface area contributed by atoms with Crippen molar-refractivity contribution in [2.24, 2.45) is 4.99 Å². The lowest BCUT2D eigenvalue weighted by atomic mass is 10.1. The van der Waals surface area contributed by atoms with Crippen molar-refractivity contribution in [2.45, 2.75) is 46.7 Å². The van der Waals surface area contributed by atoms with Crippen molar-refractivity contribution in [2.75, 3.05) is 31.6 Å². The molecule has 1 aliphatic rings. The average molecular weight is 438 g/mol. The molecular weight excluding hydrogens is 402 g/mol. The second kappa shape index (κ2) is 12.0. The van der Waals surface area contributed by atoms with E-state index in [4.69, 9.17) is 9.73 Å². The number of anilines is 1. The van der Waals surface area contributed by atoms with Crippen molar-refractivity contribution in [3.63, 3.8) is 0 Å². The number of aliphatic imine (C=N–C) groups is 1. The molecule has 32 heavy (non-hydrogen) atoms. The first kappa shape index (κ1) is 23.4. The minimum absolute atomic E-state index is 0.0265. The van der Waals surface area contributed by atoms with Crippen molar-refractivity contribution in [3.05, 3.63) is 59.2 Å². The largest absolute Gasteiger partial charge is 0.494 e. The van der Waals surface area contributed by atoms with Crippen LogP contribution in [-0.4, -0.2) is 43.1 Å². The number of likely N-dealkylation sites (tertiary alicyclic amines) is 1. The Morgan fingerprint density at radius 2 is 1.91 bits per heavy atom. The van der Waals surface area contributed by atoms with Gasteiger partial charge in [-0.05, 0) is 62.9 Å². The van der Waals surface area contributed by atoms with Gasteiger partial charge in [-0.3, -0.25) is 0 Å². The predicted octanol–water partition coefficient (Wildman–Crippen LogP) is 4.28. The molecule has 0 aromatic heterocycles. The molecular formula is C25H35N5O2. The van der Waals surface area contributed by atoms with Gasteiger partial charge in [0.05, 0.1) is 13.2 Å². The molecule has 2 aromatic rings. The van der Waals surface area contributed by atoms with Crippen molar-refractivity contribution in [1.82, 2.24) is 15.5 Å². The number of nitrogens with one attached hydrogen (secondary N) is 3. The third-order valence-electron chi connectivity index (χ3n) is 5.30. The molecule has 0 bridgehead atoms. The number of hydrogen-bond donors (Lipinski definition) is 3. The second-order valence-corrected chi connectivity index (χ2v) is 7.92. The number of nitrogens with zero attached hydrogens (tertiary/aromatic N) is 2. The molecule has 0 aliphatic carbocycles. The van der Waals surface area contributed by atoms with Crippen molar-refractivity contribution < 1.29 is 9.53 Å². The van der Waals surface area contributed by atoms with Gasteiger partial charge in [-0.15, -0.1) is 0 Å². The van der Waals surface area contributed by atoms with Crippen LogP contribution in [0.2, 0.25) is 0 Å². The van der Waals surface area contributed by atoms with Crippen LogP contribution in [0.1, 0.15) is 43.4 Å². The van der Waals surface area contributed by atoms with Crippen LogP contribution in [0, 0.1) is 6.92 Å². The molecule has 0 spiro atoms. The summed E-state index contributed by atoms with van der Waals surface area (Å²) in [5.41, 5.74) is 4.10. The van der Waals surface area contributed by atoms with E-state index in [1.807, 2.05) is 43.0 Å². The number of hydrogen-bond acceptors (Lipinski definition) is 3. The topological polar surface area (TPSA) is 78.0 Å². The number of rotatable bonds is 8. The van der Waals surface area contributed by atoms with E-state index in [1.165, 1.54) is 5.56 Å². The number of urea groups is 1. The van der Waals surface area contributed by atoms with E-state index in [0.717, 1.165) is 61.0 Å². The molecule has 1 fully saturated rings. The average Bonchev–Trinajstić information content (AvgIpc) is 3.32. The third-order valence-corrected chi connectivity index (χ3v) is 5.30. The fourth-order valence-corrected chi connectivity index (χ4v) is 3.66. The Morgan fingerprint density at radius 1 is 1.09 bits per heavy atom. The molecule has 7 nitrogen and oxygen atoms in total. The first-order chi connectivity index (χ1) is 15.6. The lowest BCUT2D eigenvalue weighted by molar-refractivity contribution is 0.222. The second-order valence-electron chi connectivity index (χ2n) is 7.92. The molecule has 1 heterocycles. The van der Waals surface area contributed by atoms with E-state index in [-0.39, 0.29) is 6.03 Å². The van der Waals surface area contributed by atoms with Gasteiger partial charge in [0, 0.05) is 37.4 Å². The van der Waals surface area contributed by atoms with Gasteiger partial charge in [0.1, 0.15) is 5.75 Å². The van der Waals surface area contributed by atoms with Gasteiger partial charge < -0.3 is 25.6 Å². The molecule has 2 amide bonds. The number of aryl methyl sites for hydroxylation is 1. The smallest absolute Gasteiger partial charge is 0.321 e. The molecule has 172 valence electrons. The van der Waals surface area contributed by atoms with Gasteiger partial charge in [-0.25, -0.2) is 9.79 Å². The Balaban J connectivity index is 1.62. The van der Waals surface area contributed by atoms with Crippen LogP contribution in [0.4, 0.5) is 10.5 Å². The SMILES string of the molecule is CCNC(=NCc1cccc(NC(=O)N2CCCC2)c1)NCc1ccc(C)cc1OCC. The van der Waals surface area contributed by atoms with Crippen LogP contribution in [0.5, 0.6) is 5.75 Å². The van der Waals surface area contributed by atoms with Crippen LogP contribution in [0.3, 0.4) is 0 Å². The Kier molecular flexibility index (Phi) is 8.78. The zero-order valence-electron chi connectivity index (χ0n) is 19.4. The van der Waals surface area contributed by atoms with E-state index >= 15 is 0 Å². The number of guanidine groups is 1. The van der Waals surface area contributed by atoms with Crippen LogP contribution in [0.25, 0.3) is 0 Å². The highest BCUT2D eigenvalue weighted by molar-refractivity contribution is 5.89. The van der Waals surface area contributed by atoms with Crippen LogP contribution < -0.4 is 20.7 Å². The fourth-order valence-electron chi connectivity index (χ4n) is 3.66. The number of ether oxygens (including phenoxy) is 1. The standard InChI is InChI=1S/C25H35N5O2/c1-4-26-24(28-18-21-12-11-19(3)15-23(21)32-5-2)27-17-20-9-8-10-22(16-20)29-25(31)30-13-6-7-14-30/h8-12,15-16H,4-7,13-14,17-18H2,1-3H3,(H,29,31)(H2,26,27,28). The summed E-state index contributed by atoms with van der Waals surface area (Å²) in [5, 5.41) is 9.68. The Bertz CT molecular complexity index is 922. The summed E-state index contributed by atoms with van der Waals surface area (Å²) in [4.78, 5) is 18.9. The van der Waals surface area contributed by atoms with Gasteiger partial charge in [-0.2, -0.15) is 0 Å². The van der Waals surface area contributed by atoms with E-state index < -0.39 is 0 Å². The predicted molar refractivity (Wildman–Crippen MR) is 130 cm³/mol. The van der Waals surface area contributed by atoms with Gasteiger partial charge in [-0.1, -0.05) is 24.3 Å². The van der Waals surface area contributed by atoms with Crippen LogP contribution >= 0.6 is 0 Å². The maximum atomic E-state index is 12.3. The molecule has 1 aliphatic heterocycles. The highest BCUT2D eigenvalue weighted by Gasteiger charge is 2.17. The zero-order chi connectivity index (χ0) is 22.8. The minimum atomic E-state index is -0.0265. The van der Waals surface area contributed by atoms with Crippen molar-refractivity contribution in [3.8, 4) is 5.75 Å². The van der Waals surface area contributed by atoms with Crippen LogP contribution in [-0.2, 0) is 13.1 Å². The fraction of sp³-hybridized carbons (Fsp3) is 0.440. The van der Waals surface area contributed by atoms with Gasteiger partial charge in [0.15, 0.2) is 5.96 Å². The van der Waals surface area contributed by atoms with E-state index in [9.17, 15) is 4.79 Å². The molecule has 3 rings (SSSR count). The number of benzene rings is 2. The van der Waals surface area contributed by atoms with E-state index in [2.05, 4.69) is 41.1 Å². The number of carbonyl (C=O) groups excluding carboxylic acids is 1.